The molecule has 5 aromatic rings. The molecule has 0 radical (unpaired) electrons. The number of aromatic nitrogens is 4. The van der Waals surface area contributed by atoms with Crippen LogP contribution in [0.25, 0.3) is 16.6 Å². The average molecular weight is 985 g/mol. The van der Waals surface area contributed by atoms with Crippen molar-refractivity contribution in [2.24, 2.45) is 17.3 Å². The first-order chi connectivity index (χ1) is 33.5. The summed E-state index contributed by atoms with van der Waals surface area (Å²) in [6.07, 6.45) is 6.11. The third kappa shape index (κ3) is 10.6. The number of aryl methyl sites for hydroxylation is 1. The molecule has 1 spiro atoms. The number of rotatable bonds is 10. The van der Waals surface area contributed by atoms with Crippen molar-refractivity contribution >= 4 is 45.8 Å². The van der Waals surface area contributed by atoms with E-state index in [1.807, 2.05) is 17.0 Å². The number of fused-ring (bicyclic) bond motifs is 1. The molecule has 3 aromatic carbocycles. The molecule has 1 atom stereocenters. The minimum absolute atomic E-state index is 0.0277. The Kier molecular flexibility index (Phi) is 14.1. The Morgan fingerprint density at radius 2 is 1.60 bits per heavy atom. The van der Waals surface area contributed by atoms with Gasteiger partial charge < -0.3 is 30.5 Å². The molecular formula is C52H61ClF3N9O5. The summed E-state index contributed by atoms with van der Waals surface area (Å²) in [6.45, 7) is 9.55. The van der Waals surface area contributed by atoms with Crippen molar-refractivity contribution in [3.63, 3.8) is 0 Å². The van der Waals surface area contributed by atoms with Gasteiger partial charge >= 0.3 is 11.9 Å². The van der Waals surface area contributed by atoms with Crippen LogP contribution in [0.4, 0.5) is 24.7 Å². The minimum atomic E-state index is -4.53. The van der Waals surface area contributed by atoms with Gasteiger partial charge in [0.25, 0.3) is 11.5 Å². The number of hydrogen-bond donors (Lipinski definition) is 3. The summed E-state index contributed by atoms with van der Waals surface area (Å²) in [7, 11) is 1.64. The van der Waals surface area contributed by atoms with Gasteiger partial charge in [-0.2, -0.15) is 13.2 Å². The molecular weight excluding hydrogens is 923 g/mol. The second-order valence-electron chi connectivity index (χ2n) is 20.0. The van der Waals surface area contributed by atoms with E-state index in [4.69, 9.17) is 22.1 Å². The van der Waals surface area contributed by atoms with Crippen LogP contribution >= 0.6 is 11.6 Å². The van der Waals surface area contributed by atoms with Crippen LogP contribution < -0.4 is 27.0 Å². The molecule has 14 nitrogen and oxygen atoms in total. The van der Waals surface area contributed by atoms with Crippen LogP contribution in [-0.2, 0) is 11.0 Å². The fourth-order valence-electron chi connectivity index (χ4n) is 11.4. The molecule has 4 N–H and O–H groups in total. The summed E-state index contributed by atoms with van der Waals surface area (Å²) in [5, 5.41) is 4.37. The number of nitrogens with two attached hydrogens (primary N) is 1. The summed E-state index contributed by atoms with van der Waals surface area (Å²) in [5.41, 5.74) is 7.04. The van der Waals surface area contributed by atoms with Gasteiger partial charge in [-0.05, 0) is 162 Å². The molecule has 9 rings (SSSR count). The molecule has 2 aromatic heterocycles. The molecule has 3 aliphatic heterocycles. The number of ether oxygens (including phenoxy) is 1. The maximum Gasteiger partial charge on any atom is 0.416 e. The number of halogens is 4. The van der Waals surface area contributed by atoms with Gasteiger partial charge in [-0.25, -0.2) is 14.8 Å². The molecule has 4 aliphatic rings. The largest absolute Gasteiger partial charge is 0.496 e. The number of carbonyl (C=O) groups is 2. The molecule has 5 heterocycles. The van der Waals surface area contributed by atoms with Crippen molar-refractivity contribution in [3.05, 3.63) is 115 Å². The first-order valence-electron chi connectivity index (χ1n) is 24.5. The minimum Gasteiger partial charge on any atom is -0.496 e. The Hall–Kier alpha value is -5.94. The number of nitrogens with one attached hydrogen (secondary N) is 2. The van der Waals surface area contributed by atoms with E-state index in [0.29, 0.717) is 63.8 Å². The number of carbonyl (C=O) groups excluding carboxylic acids is 2. The molecule has 0 unspecified atom stereocenters. The molecule has 1 aliphatic carbocycles. The van der Waals surface area contributed by atoms with E-state index in [2.05, 4.69) is 30.1 Å². The summed E-state index contributed by atoms with van der Waals surface area (Å²) >= 11 is 6.41. The summed E-state index contributed by atoms with van der Waals surface area (Å²) in [4.78, 5) is 69.8. The Balaban J connectivity index is 0.741. The van der Waals surface area contributed by atoms with E-state index in [-0.39, 0.29) is 34.8 Å². The number of aromatic amines is 1. The zero-order chi connectivity index (χ0) is 49.5. The number of piperidine rings is 3. The second-order valence-corrected chi connectivity index (χ2v) is 20.4. The summed E-state index contributed by atoms with van der Waals surface area (Å²) in [6, 6.07) is 13.1. The number of likely N-dealkylation sites (tertiary alicyclic amines) is 3. The Bertz CT molecular complexity index is 2870. The van der Waals surface area contributed by atoms with Crippen LogP contribution in [0.2, 0.25) is 5.02 Å². The predicted octanol–water partition coefficient (Wildman–Crippen LogP) is 8.74. The molecule has 18 heteroatoms. The second kappa shape index (κ2) is 20.1. The van der Waals surface area contributed by atoms with Gasteiger partial charge in [0.1, 0.15) is 17.4 Å². The third-order valence-corrected chi connectivity index (χ3v) is 15.9. The van der Waals surface area contributed by atoms with Crippen LogP contribution in [0.5, 0.6) is 5.75 Å². The van der Waals surface area contributed by atoms with Crippen LogP contribution in [0.3, 0.4) is 0 Å². The predicted molar refractivity (Wildman–Crippen MR) is 264 cm³/mol. The lowest BCUT2D eigenvalue weighted by Crippen LogP contribution is -2.49. The Labute approximate surface area is 409 Å². The smallest absolute Gasteiger partial charge is 0.416 e. The van der Waals surface area contributed by atoms with Crippen molar-refractivity contribution in [2.45, 2.75) is 96.2 Å². The van der Waals surface area contributed by atoms with Crippen LogP contribution in [0.1, 0.15) is 116 Å². The van der Waals surface area contributed by atoms with E-state index >= 15 is 0 Å². The fraction of sp³-hybridized carbons (Fsp3) is 0.500. The van der Waals surface area contributed by atoms with Crippen molar-refractivity contribution in [1.29, 1.82) is 0 Å². The quantitative estimate of drug-likeness (QED) is 0.115. The first kappa shape index (κ1) is 49.1. The lowest BCUT2D eigenvalue weighted by atomic mass is 9.71. The van der Waals surface area contributed by atoms with Crippen molar-refractivity contribution in [2.75, 3.05) is 64.0 Å². The Morgan fingerprint density at radius 3 is 2.27 bits per heavy atom. The lowest BCUT2D eigenvalue weighted by Gasteiger charge is -2.47. The Morgan fingerprint density at radius 1 is 0.900 bits per heavy atom. The normalized spacial score (nSPS) is 20.7. The molecule has 0 bridgehead atoms. The van der Waals surface area contributed by atoms with Crippen LogP contribution in [0.15, 0.2) is 70.4 Å². The van der Waals surface area contributed by atoms with Crippen molar-refractivity contribution in [1.82, 2.24) is 34.2 Å². The molecule has 3 saturated heterocycles. The van der Waals surface area contributed by atoms with E-state index in [9.17, 15) is 32.3 Å². The topological polar surface area (TPSA) is 172 Å². The van der Waals surface area contributed by atoms with Gasteiger partial charge in [0.05, 0.1) is 34.9 Å². The number of H-pyrrole nitrogens is 1. The van der Waals surface area contributed by atoms with E-state index in [1.54, 1.807) is 39.2 Å². The first-order valence-corrected chi connectivity index (χ1v) is 24.9. The van der Waals surface area contributed by atoms with Gasteiger partial charge in [-0.1, -0.05) is 11.6 Å². The number of nitrogens with zero attached hydrogens (tertiary/aromatic N) is 6. The van der Waals surface area contributed by atoms with Crippen LogP contribution in [0, 0.1) is 24.2 Å². The summed E-state index contributed by atoms with van der Waals surface area (Å²) < 4.78 is 48.0. The molecule has 372 valence electrons. The highest BCUT2D eigenvalue weighted by atomic mass is 35.5. The van der Waals surface area contributed by atoms with Crippen molar-refractivity contribution < 1.29 is 27.5 Å². The highest BCUT2D eigenvalue weighted by molar-refractivity contribution is 6.32. The monoisotopic (exact) mass is 983 g/mol. The lowest BCUT2D eigenvalue weighted by molar-refractivity contribution is -0.138. The standard InChI is InChI=1S/C52H61ClF3N9O5/c1-31(37-24-38(52(54,55)56)27-39(57)25-37)58-47-41-28-40(45(70-3)29-43(41)59-32(2)60-47)34-4-6-35(7-5-34)48(67)63-17-10-33(11-18-63)30-62-20-13-51(14-21-62)15-22-64(23-16-51)49(68)36-8-9-42(53)44(26-36)65-19-12-46(66)61-50(65)69/h8-9,12,19,24-29,31,33-35H,4-7,10-11,13-18,20-23,30,57H2,1-3H3,(H,58,59,60)(H,61,66,69)/t31-,34?,35?/m1/s1. The molecule has 70 heavy (non-hydrogen) atoms. The van der Waals surface area contributed by atoms with Gasteiger partial charge in [-0.15, -0.1) is 0 Å². The number of methoxy groups -OCH3 is 1. The maximum absolute atomic E-state index is 14.0. The van der Waals surface area contributed by atoms with E-state index in [1.165, 1.54) is 22.9 Å². The van der Waals surface area contributed by atoms with Gasteiger partial charge in [0.2, 0.25) is 5.91 Å². The van der Waals surface area contributed by atoms with E-state index in [0.717, 1.165) is 120 Å². The molecule has 2 amide bonds. The number of alkyl halides is 3. The highest BCUT2D eigenvalue weighted by Gasteiger charge is 2.40. The van der Waals surface area contributed by atoms with Crippen molar-refractivity contribution in [3.8, 4) is 11.4 Å². The van der Waals surface area contributed by atoms with Crippen LogP contribution in [-0.4, -0.2) is 99.0 Å². The number of hydrogen-bond acceptors (Lipinski definition) is 10. The maximum atomic E-state index is 14.0. The zero-order valence-corrected chi connectivity index (χ0v) is 40.7. The van der Waals surface area contributed by atoms with Gasteiger partial charge in [0.15, 0.2) is 0 Å². The SMILES string of the molecule is COc1cc2nc(C)nc(N[C@H](C)c3cc(N)cc(C(F)(F)F)c3)c2cc1C1CCC(C(=O)N2CCC(CN3CCC4(CC3)CCN(C(=O)c3ccc(Cl)c(-n5ccc(=O)[nH]c5=O)c3)CC4)CC2)CC1. The highest BCUT2D eigenvalue weighted by Crippen LogP contribution is 2.44. The third-order valence-electron chi connectivity index (χ3n) is 15.6. The van der Waals surface area contributed by atoms with E-state index < -0.39 is 29.0 Å². The molecule has 1 saturated carbocycles. The number of nitrogen functional groups attached to an aromatic ring is 1. The number of anilines is 2. The van der Waals surface area contributed by atoms with Gasteiger partial charge in [-0.3, -0.25) is 23.9 Å². The number of benzene rings is 3. The average Bonchev–Trinajstić information content (AvgIpc) is 3.34. The summed E-state index contributed by atoms with van der Waals surface area (Å²) in [5.74, 6) is 2.56. The molecule has 4 fully saturated rings. The zero-order valence-electron chi connectivity index (χ0n) is 39.9. The van der Waals surface area contributed by atoms with Gasteiger partial charge in [0, 0.05) is 73.6 Å². The fourth-order valence-corrected chi connectivity index (χ4v) is 11.6. The number of amides is 2.